The highest BCUT2D eigenvalue weighted by Gasteiger charge is 2.35. The van der Waals surface area contributed by atoms with Crippen molar-refractivity contribution in [3.63, 3.8) is 0 Å². The number of carbonyl (C=O) groups is 1. The summed E-state index contributed by atoms with van der Waals surface area (Å²) < 4.78 is 0. The van der Waals surface area contributed by atoms with Gasteiger partial charge in [0.2, 0.25) is 0 Å². The SMILES string of the molecule is C=C(C)CC(=O)C1CC2CCCC(C1)S2. The third kappa shape index (κ3) is 2.87. The van der Waals surface area contributed by atoms with Crippen molar-refractivity contribution in [1.29, 1.82) is 0 Å². The van der Waals surface area contributed by atoms with E-state index in [4.69, 9.17) is 0 Å². The number of hydrogen-bond acceptors (Lipinski definition) is 2. The molecule has 2 heteroatoms. The summed E-state index contributed by atoms with van der Waals surface area (Å²) in [7, 11) is 0. The van der Waals surface area contributed by atoms with E-state index in [-0.39, 0.29) is 0 Å². The smallest absolute Gasteiger partial charge is 0.140 e. The first-order valence-corrected chi connectivity index (χ1v) is 6.92. The molecule has 0 saturated carbocycles. The second-order valence-corrected chi connectivity index (χ2v) is 6.69. The first-order valence-electron chi connectivity index (χ1n) is 5.97. The van der Waals surface area contributed by atoms with Gasteiger partial charge in [0.05, 0.1) is 0 Å². The lowest BCUT2D eigenvalue weighted by Gasteiger charge is -2.38. The van der Waals surface area contributed by atoms with Crippen LogP contribution in [0.25, 0.3) is 0 Å². The molecule has 0 N–H and O–H groups in total. The predicted molar refractivity (Wildman–Crippen MR) is 66.2 cm³/mol. The molecule has 2 aliphatic rings. The van der Waals surface area contributed by atoms with E-state index in [1.807, 2.05) is 6.92 Å². The minimum Gasteiger partial charge on any atom is -0.299 e. The molecule has 0 spiro atoms. The maximum atomic E-state index is 12.0. The molecule has 0 amide bonds. The zero-order valence-electron chi connectivity index (χ0n) is 9.50. The minimum atomic E-state index is 0.346. The van der Waals surface area contributed by atoms with Crippen LogP contribution >= 0.6 is 11.8 Å². The number of hydrogen-bond donors (Lipinski definition) is 0. The van der Waals surface area contributed by atoms with Gasteiger partial charge in [-0.3, -0.25) is 4.79 Å². The zero-order valence-corrected chi connectivity index (χ0v) is 10.3. The molecule has 15 heavy (non-hydrogen) atoms. The maximum absolute atomic E-state index is 12.0. The molecule has 2 aliphatic heterocycles. The van der Waals surface area contributed by atoms with Crippen LogP contribution in [0.1, 0.15) is 45.4 Å². The average Bonchev–Trinajstić information content (AvgIpc) is 2.16. The second kappa shape index (κ2) is 4.73. The molecule has 1 nitrogen and oxygen atoms in total. The molecule has 2 bridgehead atoms. The van der Waals surface area contributed by atoms with Crippen molar-refractivity contribution in [2.45, 2.75) is 55.9 Å². The monoisotopic (exact) mass is 224 g/mol. The summed E-state index contributed by atoms with van der Waals surface area (Å²) in [5.74, 6) is 0.790. The Kier molecular flexibility index (Phi) is 3.55. The van der Waals surface area contributed by atoms with E-state index in [1.165, 1.54) is 19.3 Å². The molecule has 0 aliphatic carbocycles. The van der Waals surface area contributed by atoms with E-state index in [0.29, 0.717) is 18.1 Å². The fraction of sp³-hybridized carbons (Fsp3) is 0.769. The van der Waals surface area contributed by atoms with Crippen molar-refractivity contribution in [2.24, 2.45) is 5.92 Å². The number of Topliss-reactive ketones (excluding diaryl/α,β-unsaturated/α-hetero) is 1. The Morgan fingerprint density at radius 1 is 1.33 bits per heavy atom. The van der Waals surface area contributed by atoms with Crippen LogP contribution in [0.2, 0.25) is 0 Å². The lowest BCUT2D eigenvalue weighted by atomic mass is 9.85. The molecule has 84 valence electrons. The summed E-state index contributed by atoms with van der Waals surface area (Å²) >= 11 is 2.14. The lowest BCUT2D eigenvalue weighted by molar-refractivity contribution is -0.122. The van der Waals surface area contributed by atoms with E-state index in [2.05, 4.69) is 18.3 Å². The highest BCUT2D eigenvalue weighted by atomic mass is 32.2. The number of fused-ring (bicyclic) bond motifs is 2. The van der Waals surface area contributed by atoms with Crippen LogP contribution in [0, 0.1) is 5.92 Å². The molecule has 2 saturated heterocycles. The van der Waals surface area contributed by atoms with Crippen LogP contribution in [0.3, 0.4) is 0 Å². The number of carbonyl (C=O) groups excluding carboxylic acids is 1. The average molecular weight is 224 g/mol. The van der Waals surface area contributed by atoms with Crippen molar-refractivity contribution in [2.75, 3.05) is 0 Å². The van der Waals surface area contributed by atoms with Gasteiger partial charge in [-0.2, -0.15) is 11.8 Å². The third-order valence-electron chi connectivity index (χ3n) is 3.46. The molecular formula is C13H20OS. The standard InChI is InChI=1S/C13H20OS/c1-9(2)6-13(14)10-7-11-4-3-5-12(8-10)15-11/h10-12H,1,3-8H2,2H3. The molecule has 2 unspecified atom stereocenters. The first kappa shape index (κ1) is 11.3. The molecule has 0 radical (unpaired) electrons. The van der Waals surface area contributed by atoms with E-state index in [1.54, 1.807) is 0 Å². The fourth-order valence-electron chi connectivity index (χ4n) is 2.76. The summed E-state index contributed by atoms with van der Waals surface area (Å²) in [5.41, 5.74) is 1.02. The van der Waals surface area contributed by atoms with Crippen LogP contribution in [0.4, 0.5) is 0 Å². The number of rotatable bonds is 3. The molecule has 2 rings (SSSR count). The second-order valence-electron chi connectivity index (χ2n) is 5.08. The van der Waals surface area contributed by atoms with Gasteiger partial charge in [-0.05, 0) is 32.6 Å². The van der Waals surface area contributed by atoms with Crippen molar-refractivity contribution in [1.82, 2.24) is 0 Å². The van der Waals surface area contributed by atoms with Crippen LogP contribution in [0.15, 0.2) is 12.2 Å². The fourth-order valence-corrected chi connectivity index (χ4v) is 4.60. The Morgan fingerprint density at radius 3 is 2.47 bits per heavy atom. The Balaban J connectivity index is 1.93. The van der Waals surface area contributed by atoms with Gasteiger partial charge in [-0.25, -0.2) is 0 Å². The van der Waals surface area contributed by atoms with Crippen LogP contribution < -0.4 is 0 Å². The van der Waals surface area contributed by atoms with E-state index >= 15 is 0 Å². The molecule has 0 aromatic carbocycles. The molecule has 2 atom stereocenters. The summed E-state index contributed by atoms with van der Waals surface area (Å²) in [6.07, 6.45) is 6.91. The summed E-state index contributed by atoms with van der Waals surface area (Å²) in [6, 6.07) is 0. The number of ketones is 1. The van der Waals surface area contributed by atoms with E-state index < -0.39 is 0 Å². The predicted octanol–water partition coefficient (Wildman–Crippen LogP) is 3.59. The van der Waals surface area contributed by atoms with Crippen molar-refractivity contribution in [3.8, 4) is 0 Å². The van der Waals surface area contributed by atoms with Gasteiger partial charge < -0.3 is 0 Å². The number of allylic oxidation sites excluding steroid dienone is 1. The van der Waals surface area contributed by atoms with Crippen LogP contribution in [-0.2, 0) is 4.79 Å². The van der Waals surface area contributed by atoms with Gasteiger partial charge in [0.15, 0.2) is 0 Å². The molecular weight excluding hydrogens is 204 g/mol. The summed E-state index contributed by atoms with van der Waals surface area (Å²) in [6.45, 7) is 5.79. The van der Waals surface area contributed by atoms with Gasteiger partial charge >= 0.3 is 0 Å². The van der Waals surface area contributed by atoms with Crippen LogP contribution in [-0.4, -0.2) is 16.3 Å². The Bertz CT molecular complexity index is 260. The summed E-state index contributed by atoms with van der Waals surface area (Å²) in [5, 5.41) is 1.55. The van der Waals surface area contributed by atoms with Gasteiger partial charge in [0.1, 0.15) is 5.78 Å². The van der Waals surface area contributed by atoms with Gasteiger partial charge in [0, 0.05) is 22.8 Å². The molecule has 0 aromatic heterocycles. The van der Waals surface area contributed by atoms with Crippen molar-refractivity contribution >= 4 is 17.5 Å². The van der Waals surface area contributed by atoms with Gasteiger partial charge in [-0.15, -0.1) is 0 Å². The van der Waals surface area contributed by atoms with Crippen molar-refractivity contribution in [3.05, 3.63) is 12.2 Å². The Hall–Kier alpha value is -0.240. The number of thioether (sulfide) groups is 1. The molecule has 2 heterocycles. The quantitative estimate of drug-likeness (QED) is 0.682. The first-order chi connectivity index (χ1) is 7.15. The minimum absolute atomic E-state index is 0.346. The third-order valence-corrected chi connectivity index (χ3v) is 5.09. The molecule has 0 aromatic rings. The van der Waals surface area contributed by atoms with Gasteiger partial charge in [0.25, 0.3) is 0 Å². The molecule has 2 fully saturated rings. The van der Waals surface area contributed by atoms with E-state index in [0.717, 1.165) is 28.9 Å². The largest absolute Gasteiger partial charge is 0.299 e. The zero-order chi connectivity index (χ0) is 10.8. The Labute approximate surface area is 96.7 Å². The van der Waals surface area contributed by atoms with Gasteiger partial charge in [-0.1, -0.05) is 18.6 Å². The normalized spacial score (nSPS) is 34.9. The maximum Gasteiger partial charge on any atom is 0.140 e. The lowest BCUT2D eigenvalue weighted by Crippen LogP contribution is -2.32. The van der Waals surface area contributed by atoms with Crippen molar-refractivity contribution < 1.29 is 4.79 Å². The van der Waals surface area contributed by atoms with E-state index in [9.17, 15) is 4.79 Å². The highest BCUT2D eigenvalue weighted by Crippen LogP contribution is 2.44. The summed E-state index contributed by atoms with van der Waals surface area (Å²) in [4.78, 5) is 12.0. The Morgan fingerprint density at radius 2 is 1.93 bits per heavy atom. The van der Waals surface area contributed by atoms with Crippen LogP contribution in [0.5, 0.6) is 0 Å². The topological polar surface area (TPSA) is 17.1 Å². The highest BCUT2D eigenvalue weighted by molar-refractivity contribution is 8.00.